The summed E-state index contributed by atoms with van der Waals surface area (Å²) in [5, 5.41) is 3.44. The van der Waals surface area contributed by atoms with Crippen LogP contribution in [0.4, 0.5) is 0 Å². The quantitative estimate of drug-likeness (QED) is 0.663. The second-order valence-corrected chi connectivity index (χ2v) is 4.56. The summed E-state index contributed by atoms with van der Waals surface area (Å²) in [5.41, 5.74) is 0. The van der Waals surface area contributed by atoms with E-state index in [-0.39, 0.29) is 0 Å². The maximum absolute atomic E-state index is 3.44. The zero-order chi connectivity index (χ0) is 9.10. The Bertz CT molecular complexity index is 152. The number of hydrogen-bond acceptors (Lipinski definition) is 2. The van der Waals surface area contributed by atoms with E-state index >= 15 is 0 Å². The van der Waals surface area contributed by atoms with Crippen molar-refractivity contribution in [2.45, 2.75) is 51.1 Å². The van der Waals surface area contributed by atoms with Crippen LogP contribution in [-0.4, -0.2) is 36.6 Å². The average Bonchev–Trinajstić information content (AvgIpc) is 2.20. The maximum atomic E-state index is 3.44. The number of nitrogens with one attached hydrogen (secondary N) is 1. The fraction of sp³-hybridized carbons (Fsp3) is 1.00. The van der Waals surface area contributed by atoms with Crippen molar-refractivity contribution in [1.82, 2.24) is 10.2 Å². The Hall–Kier alpha value is -0.0800. The van der Waals surface area contributed by atoms with Gasteiger partial charge in [-0.05, 0) is 52.2 Å². The largest absolute Gasteiger partial charge is 0.317 e. The van der Waals surface area contributed by atoms with Gasteiger partial charge >= 0.3 is 0 Å². The topological polar surface area (TPSA) is 15.3 Å². The van der Waals surface area contributed by atoms with Crippen molar-refractivity contribution >= 4 is 0 Å². The first-order chi connectivity index (χ1) is 6.38. The molecule has 1 atom stereocenters. The lowest BCUT2D eigenvalue weighted by Crippen LogP contribution is -2.49. The third-order valence-corrected chi connectivity index (χ3v) is 3.63. The summed E-state index contributed by atoms with van der Waals surface area (Å²) in [5.74, 6) is 0. The molecule has 0 spiro atoms. The molecular formula is C11H22N2. The summed E-state index contributed by atoms with van der Waals surface area (Å²) in [4.78, 5) is 2.75. The Morgan fingerprint density at radius 1 is 1.08 bits per heavy atom. The highest BCUT2D eigenvalue weighted by Gasteiger charge is 2.26. The highest BCUT2D eigenvalue weighted by atomic mass is 15.2. The number of likely N-dealkylation sites (tertiary alicyclic amines) is 1. The normalized spacial score (nSPS) is 33.5. The zero-order valence-electron chi connectivity index (χ0n) is 8.76. The molecule has 0 amide bonds. The summed E-state index contributed by atoms with van der Waals surface area (Å²) in [7, 11) is 0. The molecule has 2 saturated heterocycles. The molecule has 0 aromatic carbocycles. The molecule has 2 heteroatoms. The molecule has 2 aliphatic rings. The molecule has 2 rings (SSSR count). The van der Waals surface area contributed by atoms with Crippen LogP contribution < -0.4 is 5.32 Å². The van der Waals surface area contributed by atoms with Gasteiger partial charge in [0.15, 0.2) is 0 Å². The Kier molecular flexibility index (Phi) is 3.23. The van der Waals surface area contributed by atoms with Crippen LogP contribution >= 0.6 is 0 Å². The van der Waals surface area contributed by atoms with Crippen molar-refractivity contribution in [3.63, 3.8) is 0 Å². The monoisotopic (exact) mass is 182 g/mol. The molecule has 1 N–H and O–H groups in total. The predicted molar refractivity (Wildman–Crippen MR) is 55.9 cm³/mol. The number of nitrogens with zero attached hydrogens (tertiary/aromatic N) is 1. The van der Waals surface area contributed by atoms with Gasteiger partial charge in [-0.2, -0.15) is 0 Å². The van der Waals surface area contributed by atoms with Crippen LogP contribution in [0.3, 0.4) is 0 Å². The molecule has 0 aromatic rings. The molecule has 2 aliphatic heterocycles. The van der Waals surface area contributed by atoms with Gasteiger partial charge in [-0.1, -0.05) is 6.42 Å². The van der Waals surface area contributed by atoms with E-state index in [9.17, 15) is 0 Å². The molecule has 0 aliphatic carbocycles. The van der Waals surface area contributed by atoms with Gasteiger partial charge in [0.1, 0.15) is 0 Å². The molecular weight excluding hydrogens is 160 g/mol. The molecule has 0 aromatic heterocycles. The average molecular weight is 182 g/mol. The summed E-state index contributed by atoms with van der Waals surface area (Å²) in [6.45, 7) is 6.22. The lowest BCUT2D eigenvalue weighted by Gasteiger charge is -2.41. The molecule has 0 bridgehead atoms. The van der Waals surface area contributed by atoms with Gasteiger partial charge in [0, 0.05) is 12.1 Å². The van der Waals surface area contributed by atoms with E-state index < -0.39 is 0 Å². The highest BCUT2D eigenvalue weighted by Crippen LogP contribution is 2.22. The van der Waals surface area contributed by atoms with Gasteiger partial charge in [-0.3, -0.25) is 4.90 Å². The maximum Gasteiger partial charge on any atom is 0.0122 e. The van der Waals surface area contributed by atoms with Crippen molar-refractivity contribution < 1.29 is 0 Å². The minimum absolute atomic E-state index is 0.844. The van der Waals surface area contributed by atoms with Gasteiger partial charge in [0.25, 0.3) is 0 Å². The molecule has 0 saturated carbocycles. The number of hydrogen-bond donors (Lipinski definition) is 1. The minimum Gasteiger partial charge on any atom is -0.317 e. The third kappa shape index (κ3) is 2.23. The SMILES string of the molecule is CC1CCCCN1C1CCNCC1. The predicted octanol–water partition coefficient (Wildman–Crippen LogP) is 1.61. The van der Waals surface area contributed by atoms with Crippen LogP contribution in [0, 0.1) is 0 Å². The first kappa shape index (κ1) is 9.47. The van der Waals surface area contributed by atoms with Crippen molar-refractivity contribution in [2.24, 2.45) is 0 Å². The van der Waals surface area contributed by atoms with Gasteiger partial charge in [-0.15, -0.1) is 0 Å². The van der Waals surface area contributed by atoms with E-state index in [2.05, 4.69) is 17.1 Å². The van der Waals surface area contributed by atoms with Gasteiger partial charge in [0.05, 0.1) is 0 Å². The first-order valence-electron chi connectivity index (χ1n) is 5.84. The van der Waals surface area contributed by atoms with Crippen LogP contribution in [0.25, 0.3) is 0 Å². The van der Waals surface area contributed by atoms with E-state index in [1.165, 1.54) is 51.7 Å². The molecule has 13 heavy (non-hydrogen) atoms. The molecule has 2 heterocycles. The highest BCUT2D eigenvalue weighted by molar-refractivity contribution is 4.83. The van der Waals surface area contributed by atoms with E-state index in [1.807, 2.05) is 0 Å². The summed E-state index contributed by atoms with van der Waals surface area (Å²) < 4.78 is 0. The van der Waals surface area contributed by atoms with Crippen molar-refractivity contribution in [1.29, 1.82) is 0 Å². The Morgan fingerprint density at radius 3 is 2.54 bits per heavy atom. The van der Waals surface area contributed by atoms with Crippen LogP contribution in [0.5, 0.6) is 0 Å². The van der Waals surface area contributed by atoms with Crippen molar-refractivity contribution in [3.8, 4) is 0 Å². The van der Waals surface area contributed by atoms with Crippen molar-refractivity contribution in [2.75, 3.05) is 19.6 Å². The first-order valence-corrected chi connectivity index (χ1v) is 5.84. The molecule has 2 nitrogen and oxygen atoms in total. The number of piperidine rings is 2. The summed E-state index contributed by atoms with van der Waals surface area (Å²) >= 11 is 0. The molecule has 0 radical (unpaired) electrons. The Morgan fingerprint density at radius 2 is 1.85 bits per heavy atom. The second-order valence-electron chi connectivity index (χ2n) is 4.56. The fourth-order valence-corrected chi connectivity index (χ4v) is 2.80. The Balaban J connectivity index is 1.88. The lowest BCUT2D eigenvalue weighted by atomic mass is 9.97. The van der Waals surface area contributed by atoms with E-state index in [0.29, 0.717) is 0 Å². The van der Waals surface area contributed by atoms with Crippen LogP contribution in [0.15, 0.2) is 0 Å². The summed E-state index contributed by atoms with van der Waals surface area (Å²) in [6.07, 6.45) is 7.02. The van der Waals surface area contributed by atoms with Crippen molar-refractivity contribution in [3.05, 3.63) is 0 Å². The minimum atomic E-state index is 0.844. The third-order valence-electron chi connectivity index (χ3n) is 3.63. The summed E-state index contributed by atoms with van der Waals surface area (Å²) in [6, 6.07) is 1.73. The van der Waals surface area contributed by atoms with Crippen LogP contribution in [-0.2, 0) is 0 Å². The zero-order valence-corrected chi connectivity index (χ0v) is 8.76. The standard InChI is InChI=1S/C11H22N2/c1-10-4-2-3-9-13(10)11-5-7-12-8-6-11/h10-12H,2-9H2,1H3. The van der Waals surface area contributed by atoms with E-state index in [1.54, 1.807) is 0 Å². The lowest BCUT2D eigenvalue weighted by molar-refractivity contribution is 0.0859. The molecule has 2 fully saturated rings. The van der Waals surface area contributed by atoms with Gasteiger partial charge < -0.3 is 5.32 Å². The van der Waals surface area contributed by atoms with Crippen LogP contribution in [0.2, 0.25) is 0 Å². The van der Waals surface area contributed by atoms with Crippen LogP contribution in [0.1, 0.15) is 39.0 Å². The van der Waals surface area contributed by atoms with Gasteiger partial charge in [-0.25, -0.2) is 0 Å². The van der Waals surface area contributed by atoms with E-state index in [4.69, 9.17) is 0 Å². The van der Waals surface area contributed by atoms with Gasteiger partial charge in [0.2, 0.25) is 0 Å². The molecule has 1 unspecified atom stereocenters. The Labute approximate surface area is 81.7 Å². The second kappa shape index (κ2) is 4.43. The van der Waals surface area contributed by atoms with E-state index in [0.717, 1.165) is 12.1 Å². The smallest absolute Gasteiger partial charge is 0.0122 e. The number of rotatable bonds is 1. The molecule has 76 valence electrons. The fourth-order valence-electron chi connectivity index (χ4n) is 2.80.